The summed E-state index contributed by atoms with van der Waals surface area (Å²) >= 11 is 0. The molecule has 0 saturated heterocycles. The second-order valence-electron chi connectivity index (χ2n) is 9.24. The molecule has 1 atom stereocenters. The van der Waals surface area contributed by atoms with Crippen LogP contribution in [-0.2, 0) is 0 Å². The molecule has 0 aliphatic heterocycles. The van der Waals surface area contributed by atoms with Crippen LogP contribution in [0.3, 0.4) is 0 Å². The molecule has 1 heteroatoms. The van der Waals surface area contributed by atoms with E-state index in [0.717, 1.165) is 35.5 Å². The zero-order valence-electron chi connectivity index (χ0n) is 19.2. The van der Waals surface area contributed by atoms with Crippen LogP contribution < -0.4 is 4.74 Å². The van der Waals surface area contributed by atoms with E-state index >= 15 is 0 Å². The highest BCUT2D eigenvalue weighted by atomic mass is 16.5. The van der Waals surface area contributed by atoms with Crippen molar-refractivity contribution < 1.29 is 4.74 Å². The van der Waals surface area contributed by atoms with Gasteiger partial charge in [-0.25, -0.2) is 0 Å². The third-order valence-corrected chi connectivity index (χ3v) is 7.34. The number of benzene rings is 2. The van der Waals surface area contributed by atoms with Crippen molar-refractivity contribution >= 4 is 0 Å². The third kappa shape index (κ3) is 5.82. The van der Waals surface area contributed by atoms with Gasteiger partial charge in [-0.15, -0.1) is 0 Å². The molecular formula is C30H36O. The van der Waals surface area contributed by atoms with Gasteiger partial charge in [0.15, 0.2) is 0 Å². The first-order valence-corrected chi connectivity index (χ1v) is 12.3. The van der Waals surface area contributed by atoms with Gasteiger partial charge in [-0.1, -0.05) is 68.4 Å². The topological polar surface area (TPSA) is 9.23 Å². The summed E-state index contributed by atoms with van der Waals surface area (Å²) in [6.45, 7) is 5.06. The fourth-order valence-corrected chi connectivity index (χ4v) is 5.27. The van der Waals surface area contributed by atoms with Crippen molar-refractivity contribution in [1.29, 1.82) is 0 Å². The molecule has 2 aliphatic rings. The molecule has 1 nitrogen and oxygen atoms in total. The monoisotopic (exact) mass is 412 g/mol. The van der Waals surface area contributed by atoms with E-state index in [9.17, 15) is 0 Å². The Morgan fingerprint density at radius 3 is 2.03 bits per heavy atom. The van der Waals surface area contributed by atoms with Gasteiger partial charge >= 0.3 is 0 Å². The van der Waals surface area contributed by atoms with E-state index in [1.807, 2.05) is 19.1 Å². The average Bonchev–Trinajstić information content (AvgIpc) is 2.84. The Balaban J connectivity index is 1.32. The normalized spacial score (nSPS) is 23.4. The predicted octanol–water partition coefficient (Wildman–Crippen LogP) is 8.05. The molecule has 0 bridgehead atoms. The van der Waals surface area contributed by atoms with Crippen LogP contribution in [0.4, 0.5) is 0 Å². The molecule has 0 spiro atoms. The molecule has 1 fully saturated rings. The number of rotatable bonds is 5. The Morgan fingerprint density at radius 2 is 1.45 bits per heavy atom. The van der Waals surface area contributed by atoms with Crippen LogP contribution in [0.15, 0.2) is 60.2 Å². The molecule has 31 heavy (non-hydrogen) atoms. The van der Waals surface area contributed by atoms with E-state index < -0.39 is 0 Å². The van der Waals surface area contributed by atoms with E-state index in [1.165, 1.54) is 61.6 Å². The fourth-order valence-electron chi connectivity index (χ4n) is 5.27. The summed E-state index contributed by atoms with van der Waals surface area (Å²) in [7, 11) is 0. The quantitative estimate of drug-likeness (QED) is 0.451. The summed E-state index contributed by atoms with van der Waals surface area (Å²) in [6, 6.07) is 16.9. The highest BCUT2D eigenvalue weighted by molar-refractivity contribution is 5.65. The van der Waals surface area contributed by atoms with E-state index in [1.54, 1.807) is 0 Å². The summed E-state index contributed by atoms with van der Waals surface area (Å²) in [6.07, 6.45) is 13.4. The van der Waals surface area contributed by atoms with Crippen molar-refractivity contribution in [1.82, 2.24) is 0 Å². The van der Waals surface area contributed by atoms with Gasteiger partial charge in [0.05, 0.1) is 6.61 Å². The number of hydrogen-bond donors (Lipinski definition) is 0. The van der Waals surface area contributed by atoms with Crippen LogP contribution in [0.2, 0.25) is 0 Å². The van der Waals surface area contributed by atoms with Crippen LogP contribution >= 0.6 is 0 Å². The summed E-state index contributed by atoms with van der Waals surface area (Å²) < 4.78 is 5.53. The van der Waals surface area contributed by atoms with Crippen molar-refractivity contribution in [2.45, 2.75) is 65.2 Å². The Bertz CT molecular complexity index is 915. The maximum absolute atomic E-state index is 5.53. The number of allylic oxidation sites excluding steroid dienone is 2. The second-order valence-corrected chi connectivity index (χ2v) is 9.24. The largest absolute Gasteiger partial charge is 0.494 e. The Kier molecular flexibility index (Phi) is 7.52. The van der Waals surface area contributed by atoms with Gasteiger partial charge in [-0.2, -0.15) is 0 Å². The predicted molar refractivity (Wildman–Crippen MR) is 131 cm³/mol. The molecule has 0 heterocycles. The summed E-state index contributed by atoms with van der Waals surface area (Å²) in [5.74, 6) is 10.6. The van der Waals surface area contributed by atoms with Gasteiger partial charge < -0.3 is 4.74 Å². The molecule has 2 aromatic rings. The van der Waals surface area contributed by atoms with Crippen molar-refractivity contribution in [2.75, 3.05) is 6.61 Å². The lowest BCUT2D eigenvalue weighted by Crippen LogP contribution is -2.22. The molecule has 1 saturated carbocycles. The number of ether oxygens (including phenoxy) is 1. The zero-order valence-corrected chi connectivity index (χ0v) is 19.2. The standard InChI is InChI=1S/C30H36O/c1-3-23-7-13-26(14-8-23)27-15-9-24(10-16-27)5-6-25-11-17-28(18-12-25)29-19-21-30(22-20-29)31-4-2/h9,11-12,17-23,26-27H,3-4,7-8,10,13-16H2,1-2H3. The van der Waals surface area contributed by atoms with E-state index in [2.05, 4.69) is 61.2 Å². The minimum Gasteiger partial charge on any atom is -0.494 e. The lowest BCUT2D eigenvalue weighted by Gasteiger charge is -2.34. The summed E-state index contributed by atoms with van der Waals surface area (Å²) in [4.78, 5) is 0. The second kappa shape index (κ2) is 10.7. The number of hydrogen-bond acceptors (Lipinski definition) is 1. The Labute approximate surface area is 188 Å². The van der Waals surface area contributed by atoms with Crippen LogP contribution in [-0.4, -0.2) is 6.61 Å². The average molecular weight is 413 g/mol. The molecule has 1 unspecified atom stereocenters. The van der Waals surface area contributed by atoms with Crippen LogP contribution in [0, 0.1) is 29.6 Å². The first kappa shape index (κ1) is 21.8. The maximum Gasteiger partial charge on any atom is 0.119 e. The van der Waals surface area contributed by atoms with Gasteiger partial charge in [-0.05, 0) is 97.7 Å². The highest BCUT2D eigenvalue weighted by Gasteiger charge is 2.27. The van der Waals surface area contributed by atoms with Gasteiger partial charge in [-0.3, -0.25) is 0 Å². The van der Waals surface area contributed by atoms with Gasteiger partial charge in [0.25, 0.3) is 0 Å². The third-order valence-electron chi connectivity index (χ3n) is 7.34. The lowest BCUT2D eigenvalue weighted by atomic mass is 9.71. The van der Waals surface area contributed by atoms with Gasteiger partial charge in [0.2, 0.25) is 0 Å². The van der Waals surface area contributed by atoms with E-state index in [-0.39, 0.29) is 0 Å². The highest BCUT2D eigenvalue weighted by Crippen LogP contribution is 2.40. The van der Waals surface area contributed by atoms with Crippen molar-refractivity contribution in [3.05, 3.63) is 65.7 Å². The van der Waals surface area contributed by atoms with E-state index in [0.29, 0.717) is 6.61 Å². The molecule has 0 aromatic heterocycles. The lowest BCUT2D eigenvalue weighted by molar-refractivity contribution is 0.190. The van der Waals surface area contributed by atoms with Crippen molar-refractivity contribution in [3.63, 3.8) is 0 Å². The zero-order chi connectivity index (χ0) is 21.5. The van der Waals surface area contributed by atoms with Crippen molar-refractivity contribution in [3.8, 4) is 28.7 Å². The smallest absolute Gasteiger partial charge is 0.119 e. The molecular weight excluding hydrogens is 376 g/mol. The first-order valence-electron chi connectivity index (χ1n) is 12.3. The molecule has 4 rings (SSSR count). The van der Waals surface area contributed by atoms with Crippen LogP contribution in [0.1, 0.15) is 70.8 Å². The minimum absolute atomic E-state index is 0.698. The molecule has 162 valence electrons. The molecule has 2 aliphatic carbocycles. The Hall–Kier alpha value is -2.46. The molecule has 0 radical (unpaired) electrons. The first-order chi connectivity index (χ1) is 15.2. The van der Waals surface area contributed by atoms with E-state index in [4.69, 9.17) is 4.74 Å². The SMILES string of the molecule is CCOc1ccc(-c2ccc(C#CC3=CCC(C4CCC(CC)CC4)CC3)cc2)cc1. The van der Waals surface area contributed by atoms with Crippen LogP contribution in [0.25, 0.3) is 11.1 Å². The summed E-state index contributed by atoms with van der Waals surface area (Å²) in [5, 5.41) is 0. The minimum atomic E-state index is 0.698. The Morgan fingerprint density at radius 1 is 0.774 bits per heavy atom. The summed E-state index contributed by atoms with van der Waals surface area (Å²) in [5.41, 5.74) is 4.85. The van der Waals surface area contributed by atoms with Crippen molar-refractivity contribution in [2.24, 2.45) is 17.8 Å². The molecule has 0 amide bonds. The molecule has 2 aromatic carbocycles. The van der Waals surface area contributed by atoms with Gasteiger partial charge in [0, 0.05) is 5.56 Å². The maximum atomic E-state index is 5.53. The van der Waals surface area contributed by atoms with Crippen LogP contribution in [0.5, 0.6) is 5.75 Å². The fraction of sp³-hybridized carbons (Fsp3) is 0.467. The molecule has 0 N–H and O–H groups in total. The van der Waals surface area contributed by atoms with Gasteiger partial charge in [0.1, 0.15) is 5.75 Å².